The van der Waals surface area contributed by atoms with E-state index >= 15 is 0 Å². The van der Waals surface area contributed by atoms with Crippen LogP contribution in [0.1, 0.15) is 51.2 Å². The van der Waals surface area contributed by atoms with E-state index in [9.17, 15) is 5.11 Å². The summed E-state index contributed by atoms with van der Waals surface area (Å²) >= 11 is 0. The first-order chi connectivity index (χ1) is 10.7. The summed E-state index contributed by atoms with van der Waals surface area (Å²) in [5, 5.41) is 9.80. The third kappa shape index (κ3) is 4.53. The second kappa shape index (κ2) is 8.49. The highest BCUT2D eigenvalue weighted by Gasteiger charge is 2.06. The number of rotatable bonds is 8. The third-order valence-corrected chi connectivity index (χ3v) is 3.59. The zero-order chi connectivity index (χ0) is 15.8. The first kappa shape index (κ1) is 16.4. The van der Waals surface area contributed by atoms with E-state index in [-0.39, 0.29) is 0 Å². The molecule has 1 unspecified atom stereocenters. The SMILES string of the molecule is CCCCCOc1cnc(-c2ccc(C(O)CC)cc2)nc1. The average Bonchev–Trinajstić information content (AvgIpc) is 2.59. The zero-order valence-electron chi connectivity index (χ0n) is 13.3. The predicted octanol–water partition coefficient (Wildman–Crippen LogP) is 4.16. The van der Waals surface area contributed by atoms with Crippen LogP contribution in [0.25, 0.3) is 11.4 Å². The molecule has 0 saturated heterocycles. The van der Waals surface area contributed by atoms with Crippen LogP contribution in [-0.4, -0.2) is 21.7 Å². The lowest BCUT2D eigenvalue weighted by atomic mass is 10.1. The maximum atomic E-state index is 9.80. The minimum Gasteiger partial charge on any atom is -0.490 e. The summed E-state index contributed by atoms with van der Waals surface area (Å²) in [6, 6.07) is 7.71. The smallest absolute Gasteiger partial charge is 0.159 e. The zero-order valence-corrected chi connectivity index (χ0v) is 13.3. The van der Waals surface area contributed by atoms with Gasteiger partial charge in [0.2, 0.25) is 0 Å². The van der Waals surface area contributed by atoms with Crippen LogP contribution < -0.4 is 4.74 Å². The fourth-order valence-electron chi connectivity index (χ4n) is 2.17. The van der Waals surface area contributed by atoms with Crippen molar-refractivity contribution in [2.45, 2.75) is 45.6 Å². The van der Waals surface area contributed by atoms with E-state index in [2.05, 4.69) is 16.9 Å². The Morgan fingerprint density at radius 2 is 1.73 bits per heavy atom. The molecule has 0 saturated carbocycles. The van der Waals surface area contributed by atoms with Crippen molar-refractivity contribution in [3.8, 4) is 17.1 Å². The Morgan fingerprint density at radius 3 is 2.32 bits per heavy atom. The van der Waals surface area contributed by atoms with Gasteiger partial charge in [0.1, 0.15) is 0 Å². The Balaban J connectivity index is 1.97. The number of benzene rings is 1. The fraction of sp³-hybridized carbons (Fsp3) is 0.444. The lowest BCUT2D eigenvalue weighted by Crippen LogP contribution is -1.99. The van der Waals surface area contributed by atoms with Gasteiger partial charge in [-0.2, -0.15) is 0 Å². The van der Waals surface area contributed by atoms with Gasteiger partial charge in [0.25, 0.3) is 0 Å². The van der Waals surface area contributed by atoms with Gasteiger partial charge in [-0.1, -0.05) is 51.0 Å². The van der Waals surface area contributed by atoms with Gasteiger partial charge in [-0.3, -0.25) is 0 Å². The van der Waals surface area contributed by atoms with Crippen LogP contribution in [0.15, 0.2) is 36.7 Å². The van der Waals surface area contributed by atoms with E-state index in [1.54, 1.807) is 12.4 Å². The summed E-state index contributed by atoms with van der Waals surface area (Å²) in [6.45, 7) is 4.84. The molecular weight excluding hydrogens is 276 g/mol. The van der Waals surface area contributed by atoms with Gasteiger partial charge in [-0.05, 0) is 18.4 Å². The molecule has 1 atom stereocenters. The van der Waals surface area contributed by atoms with Crippen LogP contribution in [0.3, 0.4) is 0 Å². The molecule has 1 N–H and O–H groups in total. The average molecular weight is 300 g/mol. The Labute approximate surface area is 132 Å². The van der Waals surface area contributed by atoms with Crippen LogP contribution in [0.4, 0.5) is 0 Å². The van der Waals surface area contributed by atoms with Crippen molar-refractivity contribution in [2.75, 3.05) is 6.61 Å². The molecule has 4 nitrogen and oxygen atoms in total. The fourth-order valence-corrected chi connectivity index (χ4v) is 2.17. The first-order valence-corrected chi connectivity index (χ1v) is 7.97. The lowest BCUT2D eigenvalue weighted by molar-refractivity contribution is 0.173. The van der Waals surface area contributed by atoms with Gasteiger partial charge in [0, 0.05) is 5.56 Å². The highest BCUT2D eigenvalue weighted by Crippen LogP contribution is 2.21. The molecule has 0 bridgehead atoms. The van der Waals surface area contributed by atoms with E-state index in [4.69, 9.17) is 4.74 Å². The molecule has 0 fully saturated rings. The van der Waals surface area contributed by atoms with Gasteiger partial charge in [0.15, 0.2) is 11.6 Å². The number of aliphatic hydroxyl groups is 1. The van der Waals surface area contributed by atoms with Gasteiger partial charge in [-0.15, -0.1) is 0 Å². The number of unbranched alkanes of at least 4 members (excludes halogenated alkanes) is 2. The maximum Gasteiger partial charge on any atom is 0.159 e. The molecule has 2 rings (SSSR count). The maximum absolute atomic E-state index is 9.80. The molecule has 4 heteroatoms. The predicted molar refractivity (Wildman–Crippen MR) is 87.7 cm³/mol. The molecule has 1 heterocycles. The van der Waals surface area contributed by atoms with Crippen molar-refractivity contribution in [3.05, 3.63) is 42.2 Å². The summed E-state index contributed by atoms with van der Waals surface area (Å²) in [5.41, 5.74) is 1.85. The Kier molecular flexibility index (Phi) is 6.34. The third-order valence-electron chi connectivity index (χ3n) is 3.59. The number of aliphatic hydroxyl groups excluding tert-OH is 1. The molecule has 1 aromatic carbocycles. The highest BCUT2D eigenvalue weighted by atomic mass is 16.5. The first-order valence-electron chi connectivity index (χ1n) is 7.97. The van der Waals surface area contributed by atoms with E-state index in [1.807, 2.05) is 31.2 Å². The molecule has 22 heavy (non-hydrogen) atoms. The molecule has 0 spiro atoms. The number of ether oxygens (including phenoxy) is 1. The van der Waals surface area contributed by atoms with Crippen molar-refractivity contribution in [3.63, 3.8) is 0 Å². The van der Waals surface area contributed by atoms with Gasteiger partial charge in [-0.25, -0.2) is 9.97 Å². The number of aromatic nitrogens is 2. The Hall–Kier alpha value is -1.94. The van der Waals surface area contributed by atoms with Crippen LogP contribution in [-0.2, 0) is 0 Å². The highest BCUT2D eigenvalue weighted by molar-refractivity contribution is 5.55. The van der Waals surface area contributed by atoms with Crippen LogP contribution in [0.2, 0.25) is 0 Å². The Morgan fingerprint density at radius 1 is 1.05 bits per heavy atom. The standard InChI is InChI=1S/C18H24N2O2/c1-3-5-6-11-22-16-12-19-18(20-13-16)15-9-7-14(8-10-15)17(21)4-2/h7-10,12-13,17,21H,3-6,11H2,1-2H3. The van der Waals surface area contributed by atoms with Gasteiger partial charge >= 0.3 is 0 Å². The number of hydrogen-bond donors (Lipinski definition) is 1. The van der Waals surface area contributed by atoms with Crippen molar-refractivity contribution >= 4 is 0 Å². The monoisotopic (exact) mass is 300 g/mol. The molecule has 118 valence electrons. The second-order valence-corrected chi connectivity index (χ2v) is 5.34. The Bertz CT molecular complexity index is 552. The normalized spacial score (nSPS) is 12.1. The minimum atomic E-state index is -0.408. The summed E-state index contributed by atoms with van der Waals surface area (Å²) in [7, 11) is 0. The quantitative estimate of drug-likeness (QED) is 0.744. The largest absolute Gasteiger partial charge is 0.490 e. The van der Waals surface area contributed by atoms with Crippen molar-refractivity contribution < 1.29 is 9.84 Å². The summed E-state index contributed by atoms with van der Waals surface area (Å²) in [5.74, 6) is 1.37. The molecule has 0 amide bonds. The second-order valence-electron chi connectivity index (χ2n) is 5.34. The van der Waals surface area contributed by atoms with E-state index in [1.165, 1.54) is 12.8 Å². The van der Waals surface area contributed by atoms with Crippen molar-refractivity contribution in [1.29, 1.82) is 0 Å². The summed E-state index contributed by atoms with van der Waals surface area (Å²) in [6.07, 6.45) is 7.14. The molecule has 0 radical (unpaired) electrons. The lowest BCUT2D eigenvalue weighted by Gasteiger charge is -2.09. The molecule has 0 aliphatic heterocycles. The van der Waals surface area contributed by atoms with E-state index in [0.717, 1.165) is 17.5 Å². The van der Waals surface area contributed by atoms with Crippen LogP contribution in [0.5, 0.6) is 5.75 Å². The number of nitrogens with zero attached hydrogens (tertiary/aromatic N) is 2. The molecular formula is C18H24N2O2. The molecule has 1 aromatic heterocycles. The molecule has 0 aliphatic carbocycles. The van der Waals surface area contributed by atoms with Crippen molar-refractivity contribution in [1.82, 2.24) is 9.97 Å². The summed E-state index contributed by atoms with van der Waals surface area (Å²) in [4.78, 5) is 8.69. The molecule has 0 aliphatic rings. The molecule has 2 aromatic rings. The topological polar surface area (TPSA) is 55.2 Å². The van der Waals surface area contributed by atoms with Crippen LogP contribution >= 0.6 is 0 Å². The van der Waals surface area contributed by atoms with Crippen LogP contribution in [0, 0.1) is 0 Å². The number of hydrogen-bond acceptors (Lipinski definition) is 4. The van der Waals surface area contributed by atoms with Gasteiger partial charge < -0.3 is 9.84 Å². The minimum absolute atomic E-state index is 0.408. The van der Waals surface area contributed by atoms with Gasteiger partial charge in [0.05, 0.1) is 25.1 Å². The van der Waals surface area contributed by atoms with E-state index in [0.29, 0.717) is 24.6 Å². The van der Waals surface area contributed by atoms with E-state index < -0.39 is 6.10 Å². The summed E-state index contributed by atoms with van der Waals surface area (Å²) < 4.78 is 5.61. The van der Waals surface area contributed by atoms with Crippen molar-refractivity contribution in [2.24, 2.45) is 0 Å².